The van der Waals surface area contributed by atoms with Gasteiger partial charge in [-0.1, -0.05) is 205 Å². The molecular weight excluding hydrogens is 743 g/mol. The lowest BCUT2D eigenvalue weighted by Gasteiger charge is -2.40. The number of rotatable bonds is 42. The van der Waals surface area contributed by atoms with Crippen LogP contribution in [-0.4, -0.2) is 87.5 Å². The Morgan fingerprint density at radius 1 is 0.559 bits per heavy atom. The predicted molar refractivity (Wildman–Crippen MR) is 244 cm³/mol. The number of aliphatic hydroxyl groups excluding tert-OH is 5. The molecule has 1 saturated heterocycles. The Balaban J connectivity index is 2.31. The number of carbonyl (C=O) groups is 1. The van der Waals surface area contributed by atoms with Gasteiger partial charge < -0.3 is 40.3 Å². The maximum absolute atomic E-state index is 13.0. The molecule has 0 aromatic rings. The Hall–Kier alpha value is -1.33. The molecular formula is C50H95NO8. The van der Waals surface area contributed by atoms with Crippen LogP contribution in [-0.2, 0) is 14.3 Å². The van der Waals surface area contributed by atoms with E-state index in [1.54, 1.807) is 6.08 Å². The van der Waals surface area contributed by atoms with Crippen LogP contribution in [0.4, 0.5) is 0 Å². The summed E-state index contributed by atoms with van der Waals surface area (Å²) < 4.78 is 11.2. The molecule has 1 aliphatic heterocycles. The van der Waals surface area contributed by atoms with E-state index >= 15 is 0 Å². The number of allylic oxidation sites excluding steroid dienone is 3. The third-order valence-electron chi connectivity index (χ3n) is 12.0. The summed E-state index contributed by atoms with van der Waals surface area (Å²) >= 11 is 0. The Bertz CT molecular complexity index is 977. The van der Waals surface area contributed by atoms with E-state index in [2.05, 4.69) is 31.3 Å². The topological polar surface area (TPSA) is 149 Å². The van der Waals surface area contributed by atoms with E-state index in [-0.39, 0.29) is 12.5 Å². The van der Waals surface area contributed by atoms with Crippen LogP contribution < -0.4 is 5.32 Å². The molecule has 59 heavy (non-hydrogen) atoms. The zero-order valence-electron chi connectivity index (χ0n) is 38.3. The van der Waals surface area contributed by atoms with E-state index in [1.165, 1.54) is 173 Å². The van der Waals surface area contributed by atoms with E-state index in [0.717, 1.165) is 38.5 Å². The van der Waals surface area contributed by atoms with Gasteiger partial charge in [0.1, 0.15) is 24.4 Å². The molecule has 0 aromatic carbocycles. The summed E-state index contributed by atoms with van der Waals surface area (Å²) in [5.41, 5.74) is 0. The predicted octanol–water partition coefficient (Wildman–Crippen LogP) is 11.1. The molecule has 1 rings (SSSR count). The second-order valence-electron chi connectivity index (χ2n) is 17.6. The van der Waals surface area contributed by atoms with Crippen LogP contribution in [0.5, 0.6) is 0 Å². The van der Waals surface area contributed by atoms with E-state index in [9.17, 15) is 30.3 Å². The van der Waals surface area contributed by atoms with Crippen molar-refractivity contribution in [2.24, 2.45) is 0 Å². The number of nitrogens with one attached hydrogen (secondary N) is 1. The molecule has 7 atom stereocenters. The number of carbonyl (C=O) groups excluding carboxylic acids is 1. The van der Waals surface area contributed by atoms with E-state index < -0.39 is 49.5 Å². The zero-order chi connectivity index (χ0) is 43.0. The number of ether oxygens (including phenoxy) is 2. The number of hydrogen-bond acceptors (Lipinski definition) is 8. The first-order chi connectivity index (χ1) is 28.8. The van der Waals surface area contributed by atoms with Gasteiger partial charge in [-0.15, -0.1) is 0 Å². The number of unbranched alkanes of at least 4 members (excludes halogenated alkanes) is 30. The van der Waals surface area contributed by atoms with Gasteiger partial charge >= 0.3 is 0 Å². The van der Waals surface area contributed by atoms with Gasteiger partial charge in [-0.3, -0.25) is 4.79 Å². The monoisotopic (exact) mass is 838 g/mol. The SMILES string of the molecule is CCCCCCCC/C=C/CCCCCCCCCCCC(=O)N[C@@H](CO[C@H]1O[C@@H](CO)[C@H](O)C(O)C1O)[C@H](O)/C=C/CCCCCCCCCCCCCCCCC. The van der Waals surface area contributed by atoms with Gasteiger partial charge in [0.05, 0.1) is 25.4 Å². The van der Waals surface area contributed by atoms with Crippen molar-refractivity contribution in [1.82, 2.24) is 5.32 Å². The van der Waals surface area contributed by atoms with Gasteiger partial charge in [0.15, 0.2) is 6.29 Å². The fraction of sp³-hybridized carbons (Fsp3) is 0.900. The molecule has 9 heteroatoms. The molecule has 0 saturated carbocycles. The molecule has 1 heterocycles. The number of aliphatic hydroxyl groups is 5. The standard InChI is InChI=1S/C50H95NO8/c1-3-5-7-9-11-13-15-17-19-21-22-24-26-28-30-32-34-36-38-40-46(54)51-43(42-58-50-49(57)48(56)47(55)45(41-52)59-50)44(53)39-37-35-33-31-29-27-25-23-20-18-16-14-12-10-8-6-4-2/h17,19,37,39,43-45,47-50,52-53,55-57H,3-16,18,20-36,38,40-42H2,1-2H3,(H,51,54)/b19-17+,39-37+/t43-,44+,45-,47-,48?,49?,50-/m0/s1. The van der Waals surface area contributed by atoms with Crippen molar-refractivity contribution < 1.29 is 39.8 Å². The van der Waals surface area contributed by atoms with Gasteiger partial charge in [0.2, 0.25) is 5.91 Å². The molecule has 9 nitrogen and oxygen atoms in total. The lowest BCUT2D eigenvalue weighted by Crippen LogP contribution is -2.60. The zero-order valence-corrected chi connectivity index (χ0v) is 38.3. The summed E-state index contributed by atoms with van der Waals surface area (Å²) in [6.45, 7) is 3.78. The fourth-order valence-electron chi connectivity index (χ4n) is 7.97. The van der Waals surface area contributed by atoms with Crippen molar-refractivity contribution in [2.45, 2.75) is 275 Å². The molecule has 0 aliphatic carbocycles. The minimum absolute atomic E-state index is 0.178. The number of amides is 1. The average Bonchev–Trinajstić information content (AvgIpc) is 3.23. The molecule has 0 spiro atoms. The van der Waals surface area contributed by atoms with Crippen LogP contribution in [0.15, 0.2) is 24.3 Å². The molecule has 2 unspecified atom stereocenters. The maximum Gasteiger partial charge on any atom is 0.220 e. The summed E-state index contributed by atoms with van der Waals surface area (Å²) in [5.74, 6) is -0.178. The third kappa shape index (κ3) is 31.2. The van der Waals surface area contributed by atoms with Gasteiger partial charge in [-0.2, -0.15) is 0 Å². The maximum atomic E-state index is 13.0. The first-order valence-corrected chi connectivity index (χ1v) is 25.1. The van der Waals surface area contributed by atoms with Crippen molar-refractivity contribution in [3.63, 3.8) is 0 Å². The third-order valence-corrected chi connectivity index (χ3v) is 12.0. The first-order valence-electron chi connectivity index (χ1n) is 25.1. The van der Waals surface area contributed by atoms with Gasteiger partial charge in [0.25, 0.3) is 0 Å². The van der Waals surface area contributed by atoms with Crippen LogP contribution >= 0.6 is 0 Å². The van der Waals surface area contributed by atoms with Crippen LogP contribution in [0.2, 0.25) is 0 Å². The minimum atomic E-state index is -1.56. The summed E-state index contributed by atoms with van der Waals surface area (Å²) in [7, 11) is 0. The summed E-state index contributed by atoms with van der Waals surface area (Å²) in [5, 5.41) is 54.3. The molecule has 0 bridgehead atoms. The largest absolute Gasteiger partial charge is 0.394 e. The molecule has 0 aromatic heterocycles. The normalized spacial score (nSPS) is 20.8. The Morgan fingerprint density at radius 2 is 0.949 bits per heavy atom. The highest BCUT2D eigenvalue weighted by molar-refractivity contribution is 5.76. The Labute approximate surface area is 362 Å². The van der Waals surface area contributed by atoms with E-state index in [4.69, 9.17) is 9.47 Å². The van der Waals surface area contributed by atoms with Crippen molar-refractivity contribution >= 4 is 5.91 Å². The van der Waals surface area contributed by atoms with Crippen LogP contribution in [0.1, 0.15) is 232 Å². The molecule has 1 amide bonds. The fourth-order valence-corrected chi connectivity index (χ4v) is 7.97. The van der Waals surface area contributed by atoms with Crippen molar-refractivity contribution in [3.8, 4) is 0 Å². The summed E-state index contributed by atoms with van der Waals surface area (Å²) in [6, 6.07) is -0.803. The summed E-state index contributed by atoms with van der Waals surface area (Å²) in [4.78, 5) is 13.0. The van der Waals surface area contributed by atoms with Crippen molar-refractivity contribution in [2.75, 3.05) is 13.2 Å². The molecule has 6 N–H and O–H groups in total. The quantitative estimate of drug-likeness (QED) is 0.0263. The highest BCUT2D eigenvalue weighted by Crippen LogP contribution is 2.23. The lowest BCUT2D eigenvalue weighted by atomic mass is 9.99. The smallest absolute Gasteiger partial charge is 0.220 e. The van der Waals surface area contributed by atoms with Gasteiger partial charge in [-0.25, -0.2) is 0 Å². The molecule has 1 fully saturated rings. The number of hydrogen-bond donors (Lipinski definition) is 6. The molecule has 1 aliphatic rings. The Kier molecular flexibility index (Phi) is 38.4. The second kappa shape index (κ2) is 40.7. The highest BCUT2D eigenvalue weighted by atomic mass is 16.7. The minimum Gasteiger partial charge on any atom is -0.394 e. The average molecular weight is 838 g/mol. The van der Waals surface area contributed by atoms with Crippen LogP contribution in [0, 0.1) is 0 Å². The highest BCUT2D eigenvalue weighted by Gasteiger charge is 2.44. The molecule has 0 radical (unpaired) electrons. The van der Waals surface area contributed by atoms with Gasteiger partial charge in [0, 0.05) is 6.42 Å². The van der Waals surface area contributed by atoms with E-state index in [0.29, 0.717) is 6.42 Å². The first kappa shape index (κ1) is 55.7. The lowest BCUT2D eigenvalue weighted by molar-refractivity contribution is -0.302. The van der Waals surface area contributed by atoms with Crippen LogP contribution in [0.3, 0.4) is 0 Å². The van der Waals surface area contributed by atoms with Crippen molar-refractivity contribution in [1.29, 1.82) is 0 Å². The van der Waals surface area contributed by atoms with E-state index in [1.807, 2.05) is 6.08 Å². The van der Waals surface area contributed by atoms with Gasteiger partial charge in [-0.05, 0) is 44.9 Å². The molecule has 348 valence electrons. The summed E-state index contributed by atoms with van der Waals surface area (Å²) in [6.07, 6.45) is 42.2. The van der Waals surface area contributed by atoms with Crippen molar-refractivity contribution in [3.05, 3.63) is 24.3 Å². The second-order valence-corrected chi connectivity index (χ2v) is 17.6. The Morgan fingerprint density at radius 3 is 1.37 bits per heavy atom. The van der Waals surface area contributed by atoms with Crippen LogP contribution in [0.25, 0.3) is 0 Å².